The summed E-state index contributed by atoms with van der Waals surface area (Å²) in [5, 5.41) is 9.03. The van der Waals surface area contributed by atoms with Gasteiger partial charge in [0.25, 0.3) is 5.91 Å². The molecule has 190 valence electrons. The number of methoxy groups -OCH3 is 3. The third kappa shape index (κ3) is 6.78. The van der Waals surface area contributed by atoms with E-state index in [0.29, 0.717) is 41.5 Å². The first-order chi connectivity index (χ1) is 17.4. The number of carboxylic acids is 1. The number of hydrogen-bond donors (Lipinski definition) is 1. The second kappa shape index (κ2) is 12.6. The van der Waals surface area contributed by atoms with Crippen molar-refractivity contribution in [1.29, 1.82) is 0 Å². The van der Waals surface area contributed by atoms with Crippen molar-refractivity contribution in [3.63, 3.8) is 0 Å². The molecular weight excluding hydrogens is 458 g/mol. The number of aliphatic carboxylic acids is 1. The molecule has 7 nitrogen and oxygen atoms in total. The van der Waals surface area contributed by atoms with Gasteiger partial charge in [-0.25, -0.2) is 0 Å². The summed E-state index contributed by atoms with van der Waals surface area (Å²) in [6, 6.07) is 18.9. The van der Waals surface area contributed by atoms with Gasteiger partial charge in [0.15, 0.2) is 11.5 Å². The maximum Gasteiger partial charge on any atom is 0.307 e. The smallest absolute Gasteiger partial charge is 0.307 e. The van der Waals surface area contributed by atoms with Crippen molar-refractivity contribution in [2.45, 2.75) is 32.7 Å². The van der Waals surface area contributed by atoms with Gasteiger partial charge in [0.1, 0.15) is 0 Å². The Morgan fingerprint density at radius 3 is 2.03 bits per heavy atom. The lowest BCUT2D eigenvalue weighted by Gasteiger charge is -2.24. The van der Waals surface area contributed by atoms with Crippen molar-refractivity contribution >= 4 is 11.9 Å². The molecule has 0 aromatic heterocycles. The number of ether oxygens (including phenoxy) is 3. The van der Waals surface area contributed by atoms with Crippen molar-refractivity contribution < 1.29 is 28.9 Å². The Hall–Kier alpha value is -4.00. The molecular formula is C29H33NO6. The average Bonchev–Trinajstić information content (AvgIpc) is 2.88. The number of nitrogens with zero attached hydrogens (tertiary/aromatic N) is 1. The van der Waals surface area contributed by atoms with E-state index in [2.05, 4.69) is 19.1 Å². The van der Waals surface area contributed by atoms with E-state index in [9.17, 15) is 9.59 Å². The van der Waals surface area contributed by atoms with Gasteiger partial charge in [-0.15, -0.1) is 0 Å². The zero-order valence-electron chi connectivity index (χ0n) is 21.2. The van der Waals surface area contributed by atoms with Crippen molar-refractivity contribution in [2.75, 3.05) is 27.9 Å². The fourth-order valence-electron chi connectivity index (χ4n) is 4.15. The highest BCUT2D eigenvalue weighted by atomic mass is 16.5. The Kier molecular flexibility index (Phi) is 9.33. The summed E-state index contributed by atoms with van der Waals surface area (Å²) in [6.07, 6.45) is 1.60. The van der Waals surface area contributed by atoms with Gasteiger partial charge < -0.3 is 24.2 Å². The minimum Gasteiger partial charge on any atom is -0.493 e. The molecule has 0 spiro atoms. The lowest BCUT2D eigenvalue weighted by atomic mass is 10.0. The molecule has 7 heteroatoms. The van der Waals surface area contributed by atoms with Gasteiger partial charge in [0.2, 0.25) is 5.75 Å². The molecule has 0 unspecified atom stereocenters. The molecule has 0 aliphatic carbocycles. The van der Waals surface area contributed by atoms with Gasteiger partial charge in [-0.2, -0.15) is 0 Å². The molecule has 1 N–H and O–H groups in total. The summed E-state index contributed by atoms with van der Waals surface area (Å²) in [5.74, 6) is 0.222. The van der Waals surface area contributed by atoms with Crippen molar-refractivity contribution in [3.8, 4) is 17.2 Å². The Morgan fingerprint density at radius 1 is 0.861 bits per heavy atom. The predicted molar refractivity (Wildman–Crippen MR) is 138 cm³/mol. The summed E-state index contributed by atoms with van der Waals surface area (Å²) in [6.45, 7) is 3.02. The van der Waals surface area contributed by atoms with Crippen LogP contribution in [0.4, 0.5) is 0 Å². The first-order valence-corrected chi connectivity index (χ1v) is 11.8. The number of benzene rings is 3. The summed E-state index contributed by atoms with van der Waals surface area (Å²) >= 11 is 0. The molecule has 0 atom stereocenters. The maximum atomic E-state index is 13.7. The monoisotopic (exact) mass is 491 g/mol. The topological polar surface area (TPSA) is 85.3 Å². The Labute approximate surface area is 212 Å². The number of carbonyl (C=O) groups excluding carboxylic acids is 1. The number of carbonyl (C=O) groups is 2. The van der Waals surface area contributed by atoms with Crippen LogP contribution in [0.15, 0.2) is 60.7 Å². The van der Waals surface area contributed by atoms with Gasteiger partial charge in [-0.05, 0) is 54.2 Å². The lowest BCUT2D eigenvalue weighted by Crippen LogP contribution is -2.32. The molecule has 3 rings (SSSR count). The van der Waals surface area contributed by atoms with Crippen LogP contribution in [0, 0.1) is 6.92 Å². The first-order valence-electron chi connectivity index (χ1n) is 11.8. The molecule has 0 aliphatic rings. The Balaban J connectivity index is 1.86. The summed E-state index contributed by atoms with van der Waals surface area (Å²) in [4.78, 5) is 26.5. The van der Waals surface area contributed by atoms with Gasteiger partial charge in [-0.3, -0.25) is 9.59 Å². The largest absolute Gasteiger partial charge is 0.493 e. The van der Waals surface area contributed by atoms with Crippen LogP contribution in [-0.4, -0.2) is 49.8 Å². The third-order valence-corrected chi connectivity index (χ3v) is 6.09. The van der Waals surface area contributed by atoms with E-state index in [1.165, 1.54) is 32.5 Å². The van der Waals surface area contributed by atoms with E-state index in [1.54, 1.807) is 29.2 Å². The highest BCUT2D eigenvalue weighted by molar-refractivity contribution is 5.95. The average molecular weight is 492 g/mol. The number of amides is 1. The second-order valence-electron chi connectivity index (χ2n) is 8.56. The standard InChI is InChI=1S/C29H33NO6/c1-20-8-5-6-9-23(20)10-7-15-30(19-22-13-11-21(12-14-22)16-27(31)32)29(33)24-17-25(34-2)28(36-4)26(18-24)35-3/h5-6,8-9,11-14,17-18H,7,10,15-16,19H2,1-4H3,(H,31,32). The van der Waals surface area contributed by atoms with Crippen LogP contribution in [0.1, 0.15) is 39.0 Å². The predicted octanol–water partition coefficient (Wildman–Crippen LogP) is 4.92. The van der Waals surface area contributed by atoms with Gasteiger partial charge in [-0.1, -0.05) is 48.5 Å². The van der Waals surface area contributed by atoms with Crippen molar-refractivity contribution in [3.05, 3.63) is 88.5 Å². The molecule has 0 bridgehead atoms. The zero-order chi connectivity index (χ0) is 26.1. The second-order valence-corrected chi connectivity index (χ2v) is 8.56. The normalized spacial score (nSPS) is 10.6. The number of carboxylic acid groups (broad SMARTS) is 1. The zero-order valence-corrected chi connectivity index (χ0v) is 21.2. The summed E-state index contributed by atoms with van der Waals surface area (Å²) in [7, 11) is 4.56. The summed E-state index contributed by atoms with van der Waals surface area (Å²) < 4.78 is 16.3. The van der Waals surface area contributed by atoms with Crippen LogP contribution in [0.25, 0.3) is 0 Å². The van der Waals surface area contributed by atoms with Crippen molar-refractivity contribution in [2.24, 2.45) is 0 Å². The number of aryl methyl sites for hydroxylation is 2. The maximum absolute atomic E-state index is 13.7. The Bertz CT molecular complexity index is 1160. The molecule has 0 heterocycles. The summed E-state index contributed by atoms with van der Waals surface area (Å²) in [5.41, 5.74) is 4.56. The highest BCUT2D eigenvalue weighted by Gasteiger charge is 2.21. The Morgan fingerprint density at radius 2 is 1.47 bits per heavy atom. The van der Waals surface area contributed by atoms with Crippen LogP contribution in [0.3, 0.4) is 0 Å². The third-order valence-electron chi connectivity index (χ3n) is 6.09. The molecule has 0 radical (unpaired) electrons. The minimum atomic E-state index is -0.877. The SMILES string of the molecule is COc1cc(C(=O)N(CCCc2ccccc2C)Cc2ccc(CC(=O)O)cc2)cc(OC)c1OC. The van der Waals surface area contributed by atoms with E-state index in [-0.39, 0.29) is 12.3 Å². The fourth-order valence-corrected chi connectivity index (χ4v) is 4.15. The van der Waals surface area contributed by atoms with Crippen molar-refractivity contribution in [1.82, 2.24) is 4.90 Å². The van der Waals surface area contributed by atoms with E-state index < -0.39 is 5.97 Å². The first kappa shape index (κ1) is 26.6. The van der Waals surface area contributed by atoms with Gasteiger partial charge in [0, 0.05) is 18.7 Å². The van der Waals surface area contributed by atoms with Crippen LogP contribution in [0.2, 0.25) is 0 Å². The van der Waals surface area contributed by atoms with Crippen LogP contribution in [-0.2, 0) is 24.2 Å². The molecule has 0 saturated heterocycles. The number of hydrogen-bond acceptors (Lipinski definition) is 5. The molecule has 3 aromatic rings. The highest BCUT2D eigenvalue weighted by Crippen LogP contribution is 2.38. The van der Waals surface area contributed by atoms with Crippen LogP contribution >= 0.6 is 0 Å². The van der Waals surface area contributed by atoms with Crippen LogP contribution in [0.5, 0.6) is 17.2 Å². The quantitative estimate of drug-likeness (QED) is 0.387. The van der Waals surface area contributed by atoms with Gasteiger partial charge in [0.05, 0.1) is 27.8 Å². The van der Waals surface area contributed by atoms with E-state index in [1.807, 2.05) is 24.3 Å². The molecule has 36 heavy (non-hydrogen) atoms. The molecule has 0 aliphatic heterocycles. The fraction of sp³-hybridized carbons (Fsp3) is 0.310. The van der Waals surface area contributed by atoms with Gasteiger partial charge >= 0.3 is 5.97 Å². The molecule has 0 saturated carbocycles. The van der Waals surface area contributed by atoms with Crippen LogP contribution < -0.4 is 14.2 Å². The number of rotatable bonds is 12. The molecule has 3 aromatic carbocycles. The van der Waals surface area contributed by atoms with E-state index >= 15 is 0 Å². The molecule has 1 amide bonds. The van der Waals surface area contributed by atoms with E-state index in [4.69, 9.17) is 19.3 Å². The minimum absolute atomic E-state index is 0.0369. The lowest BCUT2D eigenvalue weighted by molar-refractivity contribution is -0.136. The van der Waals surface area contributed by atoms with E-state index in [0.717, 1.165) is 18.4 Å². The molecule has 0 fully saturated rings.